The minimum Gasteiger partial charge on any atom is -0.271 e. The van der Waals surface area contributed by atoms with Crippen molar-refractivity contribution >= 4 is 23.6 Å². The monoisotopic (exact) mass is 493 g/mol. The minimum atomic E-state index is -0.529. The number of nitro benzene ring substituents is 1. The smallest absolute Gasteiger partial charge is 0.271 e. The van der Waals surface area contributed by atoms with Crippen LogP contribution < -0.4 is 0 Å². The summed E-state index contributed by atoms with van der Waals surface area (Å²) in [5.41, 5.74) is 3.19. The molecule has 1 fully saturated rings. The highest BCUT2D eigenvalue weighted by Crippen LogP contribution is 2.34. The van der Waals surface area contributed by atoms with Crippen molar-refractivity contribution in [2.75, 3.05) is 0 Å². The molecule has 5 rings (SSSR count). The van der Waals surface area contributed by atoms with Gasteiger partial charge in [-0.2, -0.15) is 10.4 Å². The summed E-state index contributed by atoms with van der Waals surface area (Å²) in [5, 5.41) is 25.5. The predicted molar refractivity (Wildman–Crippen MR) is 136 cm³/mol. The summed E-state index contributed by atoms with van der Waals surface area (Å²) in [6.45, 7) is 1.62. The lowest BCUT2D eigenvalue weighted by molar-refractivity contribution is -0.384. The molecule has 2 aromatic carbocycles. The number of non-ortho nitro benzene ring substituents is 1. The van der Waals surface area contributed by atoms with E-state index < -0.39 is 16.7 Å². The van der Waals surface area contributed by atoms with Gasteiger partial charge in [0.25, 0.3) is 17.5 Å². The number of benzene rings is 2. The second-order valence-corrected chi connectivity index (χ2v) is 9.11. The van der Waals surface area contributed by atoms with E-state index in [0.29, 0.717) is 22.5 Å². The average molecular weight is 494 g/mol. The maximum absolute atomic E-state index is 13.6. The molecule has 1 aliphatic carbocycles. The Bertz CT molecular complexity index is 1500. The number of hydrogen-bond acceptors (Lipinski definition) is 6. The molecule has 3 aromatic rings. The van der Waals surface area contributed by atoms with Gasteiger partial charge in [0.2, 0.25) is 0 Å². The van der Waals surface area contributed by atoms with Gasteiger partial charge in [0.05, 0.1) is 16.3 Å². The van der Waals surface area contributed by atoms with Crippen LogP contribution in [0.3, 0.4) is 0 Å². The van der Waals surface area contributed by atoms with Gasteiger partial charge in [-0.25, -0.2) is 4.68 Å². The number of hydrogen-bond donors (Lipinski definition) is 0. The molecule has 0 radical (unpaired) electrons. The van der Waals surface area contributed by atoms with Crippen molar-refractivity contribution in [1.82, 2.24) is 14.7 Å². The molecule has 0 N–H and O–H groups in total. The van der Waals surface area contributed by atoms with Gasteiger partial charge in [-0.15, -0.1) is 0 Å². The topological polar surface area (TPSA) is 122 Å². The molecule has 184 valence electrons. The molecule has 0 unspecified atom stereocenters. The van der Waals surface area contributed by atoms with Crippen LogP contribution in [-0.2, 0) is 9.59 Å². The summed E-state index contributed by atoms with van der Waals surface area (Å²) in [6.07, 6.45) is 6.75. The van der Waals surface area contributed by atoms with Gasteiger partial charge in [-0.05, 0) is 43.5 Å². The van der Waals surface area contributed by atoms with E-state index in [0.717, 1.165) is 31.2 Å². The number of nitro groups is 1. The lowest BCUT2D eigenvalue weighted by Crippen LogP contribution is -2.47. The molecule has 0 spiro atoms. The normalized spacial score (nSPS) is 17.5. The van der Waals surface area contributed by atoms with Crippen LogP contribution in [0.5, 0.6) is 0 Å². The lowest BCUT2D eigenvalue weighted by Gasteiger charge is -2.32. The van der Waals surface area contributed by atoms with Crippen LogP contribution in [0.4, 0.5) is 5.69 Å². The highest BCUT2D eigenvalue weighted by molar-refractivity contribution is 6.20. The van der Waals surface area contributed by atoms with E-state index in [-0.39, 0.29) is 22.9 Å². The SMILES string of the molecule is CC1=C(C#N)C(=O)N(C2CCCC2)C(=O)/C1=C/c1cn(-c2ccc([N+](=O)[O-])cc2)nc1-c1ccccc1. The highest BCUT2D eigenvalue weighted by Gasteiger charge is 2.40. The van der Waals surface area contributed by atoms with Crippen LogP contribution in [0.15, 0.2) is 77.5 Å². The average Bonchev–Trinajstić information content (AvgIpc) is 3.58. The summed E-state index contributed by atoms with van der Waals surface area (Å²) in [6, 6.07) is 17.2. The zero-order valence-corrected chi connectivity index (χ0v) is 20.1. The molecule has 2 amide bonds. The zero-order valence-electron chi connectivity index (χ0n) is 20.1. The second-order valence-electron chi connectivity index (χ2n) is 9.11. The molecule has 2 aliphatic rings. The third kappa shape index (κ3) is 4.34. The fraction of sp³-hybridized carbons (Fsp3) is 0.214. The second kappa shape index (κ2) is 9.66. The first-order chi connectivity index (χ1) is 17.9. The number of imide groups is 1. The number of nitrogens with zero attached hydrogens (tertiary/aromatic N) is 5. The fourth-order valence-electron chi connectivity index (χ4n) is 4.92. The van der Waals surface area contributed by atoms with E-state index in [1.165, 1.54) is 17.0 Å². The largest absolute Gasteiger partial charge is 0.271 e. The molecule has 1 aliphatic heterocycles. The van der Waals surface area contributed by atoms with Gasteiger partial charge in [0.15, 0.2) is 0 Å². The molecule has 0 saturated heterocycles. The molecule has 0 bridgehead atoms. The standard InChI is InChI=1S/C28H23N5O4/c1-18-24(27(34)32(22-9-5-6-10-22)28(35)25(18)16-29)15-20-17-31(21-11-13-23(14-12-21)33(36)37)30-26(20)19-7-3-2-4-8-19/h2-4,7-8,11-15,17,22H,5-6,9-10H2,1H3/b24-15+. The third-order valence-electron chi connectivity index (χ3n) is 6.88. The zero-order chi connectivity index (χ0) is 26.1. The maximum atomic E-state index is 13.6. The van der Waals surface area contributed by atoms with E-state index in [1.807, 2.05) is 36.4 Å². The molecule has 9 nitrogen and oxygen atoms in total. The van der Waals surface area contributed by atoms with E-state index in [9.17, 15) is 25.0 Å². The number of rotatable bonds is 5. The van der Waals surface area contributed by atoms with Crippen molar-refractivity contribution in [1.29, 1.82) is 5.26 Å². The van der Waals surface area contributed by atoms with Crippen molar-refractivity contribution in [3.05, 3.63) is 93.2 Å². The summed E-state index contributed by atoms with van der Waals surface area (Å²) in [7, 11) is 0. The maximum Gasteiger partial charge on any atom is 0.271 e. The van der Waals surface area contributed by atoms with Crippen molar-refractivity contribution in [2.24, 2.45) is 0 Å². The number of amides is 2. The van der Waals surface area contributed by atoms with Crippen LogP contribution in [-0.4, -0.2) is 37.5 Å². The van der Waals surface area contributed by atoms with E-state index in [2.05, 4.69) is 0 Å². The molecule has 1 saturated carbocycles. The van der Waals surface area contributed by atoms with Crippen LogP contribution in [0, 0.1) is 21.4 Å². The Morgan fingerprint density at radius 1 is 1.05 bits per heavy atom. The number of nitriles is 1. The first-order valence-electron chi connectivity index (χ1n) is 12.0. The van der Waals surface area contributed by atoms with Crippen molar-refractivity contribution in [2.45, 2.75) is 38.6 Å². The van der Waals surface area contributed by atoms with Gasteiger partial charge in [0, 0.05) is 41.1 Å². The third-order valence-corrected chi connectivity index (χ3v) is 6.88. The van der Waals surface area contributed by atoms with Gasteiger partial charge in [-0.3, -0.25) is 24.6 Å². The Morgan fingerprint density at radius 3 is 2.35 bits per heavy atom. The van der Waals surface area contributed by atoms with Gasteiger partial charge in [-0.1, -0.05) is 43.2 Å². The minimum absolute atomic E-state index is 0.0261. The first kappa shape index (κ1) is 23.9. The Hall–Kier alpha value is -4.84. The molecule has 37 heavy (non-hydrogen) atoms. The number of carbonyl (C=O) groups is 2. The Kier molecular flexibility index (Phi) is 6.24. The number of aromatic nitrogens is 2. The van der Waals surface area contributed by atoms with Crippen molar-refractivity contribution in [3.63, 3.8) is 0 Å². The quantitative estimate of drug-likeness (QED) is 0.214. The summed E-state index contributed by atoms with van der Waals surface area (Å²) in [5.74, 6) is -0.936. The van der Waals surface area contributed by atoms with Crippen LogP contribution in [0.2, 0.25) is 0 Å². The van der Waals surface area contributed by atoms with Crippen molar-refractivity contribution in [3.8, 4) is 23.0 Å². The van der Waals surface area contributed by atoms with Crippen LogP contribution in [0.1, 0.15) is 38.2 Å². The van der Waals surface area contributed by atoms with Crippen LogP contribution in [0.25, 0.3) is 23.0 Å². The summed E-state index contributed by atoms with van der Waals surface area (Å²) >= 11 is 0. The first-order valence-corrected chi connectivity index (χ1v) is 12.0. The number of carbonyl (C=O) groups excluding carboxylic acids is 2. The molecule has 1 aromatic heterocycles. The summed E-state index contributed by atoms with van der Waals surface area (Å²) in [4.78, 5) is 38.5. The van der Waals surface area contributed by atoms with Gasteiger partial charge < -0.3 is 0 Å². The van der Waals surface area contributed by atoms with E-state index >= 15 is 0 Å². The molecular weight excluding hydrogens is 470 g/mol. The molecule has 0 atom stereocenters. The predicted octanol–water partition coefficient (Wildman–Crippen LogP) is 4.98. The van der Waals surface area contributed by atoms with Gasteiger partial charge >= 0.3 is 0 Å². The van der Waals surface area contributed by atoms with E-state index in [1.54, 1.807) is 36.0 Å². The Balaban J connectivity index is 1.65. The Morgan fingerprint density at radius 2 is 1.73 bits per heavy atom. The lowest BCUT2D eigenvalue weighted by atomic mass is 9.92. The molecule has 2 heterocycles. The van der Waals surface area contributed by atoms with E-state index in [4.69, 9.17) is 5.10 Å². The molecule has 9 heteroatoms. The summed E-state index contributed by atoms with van der Waals surface area (Å²) < 4.78 is 1.59. The van der Waals surface area contributed by atoms with Crippen LogP contribution >= 0.6 is 0 Å². The Labute approximate surface area is 213 Å². The fourth-order valence-corrected chi connectivity index (χ4v) is 4.92. The van der Waals surface area contributed by atoms with Gasteiger partial charge in [0.1, 0.15) is 11.6 Å². The highest BCUT2D eigenvalue weighted by atomic mass is 16.6. The van der Waals surface area contributed by atoms with Crippen molar-refractivity contribution < 1.29 is 14.5 Å². The molecular formula is C28H23N5O4.